The van der Waals surface area contributed by atoms with Crippen molar-refractivity contribution in [2.24, 2.45) is 28.9 Å². The van der Waals surface area contributed by atoms with E-state index in [9.17, 15) is 14.4 Å². The number of nitrogens with one attached hydrogen (secondary N) is 4. The molecule has 0 aromatic heterocycles. The molecule has 4 fully saturated rings. The van der Waals surface area contributed by atoms with E-state index in [0.717, 1.165) is 35.5 Å². The summed E-state index contributed by atoms with van der Waals surface area (Å²) in [5.41, 5.74) is 9.92. The summed E-state index contributed by atoms with van der Waals surface area (Å²) in [6.07, 6.45) is 8.27. The van der Waals surface area contributed by atoms with Gasteiger partial charge in [-0.2, -0.15) is 0 Å². The van der Waals surface area contributed by atoms with Gasteiger partial charge in [0.1, 0.15) is 6.04 Å². The maximum absolute atomic E-state index is 12.5. The van der Waals surface area contributed by atoms with Crippen LogP contribution in [-0.2, 0) is 9.59 Å². The molecule has 9 heteroatoms. The second-order valence-electron chi connectivity index (χ2n) is 11.7. The first-order valence-corrected chi connectivity index (χ1v) is 14.0. The Morgan fingerprint density at radius 2 is 1.44 bits per heavy atom. The highest BCUT2D eigenvalue weighted by atomic mass is 16.5. The molecule has 1 atom stereocenters. The number of benzene rings is 2. The Kier molecular flexibility index (Phi) is 9.81. The van der Waals surface area contributed by atoms with E-state index in [0.29, 0.717) is 23.1 Å². The van der Waals surface area contributed by atoms with Crippen molar-refractivity contribution < 1.29 is 19.6 Å². The molecule has 0 saturated heterocycles. The van der Waals surface area contributed by atoms with Crippen LogP contribution in [0.25, 0.3) is 0 Å². The van der Waals surface area contributed by atoms with E-state index in [-0.39, 0.29) is 19.9 Å². The summed E-state index contributed by atoms with van der Waals surface area (Å²) in [6, 6.07) is 13.0. The van der Waals surface area contributed by atoms with Crippen molar-refractivity contribution in [3.63, 3.8) is 0 Å². The molecule has 9 nitrogen and oxygen atoms in total. The van der Waals surface area contributed by atoms with E-state index in [1.807, 2.05) is 24.3 Å². The van der Waals surface area contributed by atoms with E-state index in [4.69, 9.17) is 10.9 Å². The molecule has 6 rings (SSSR count). The molecule has 7 N–H and O–H groups in total. The lowest BCUT2D eigenvalue weighted by Gasteiger charge is -2.57. The zero-order valence-corrected chi connectivity index (χ0v) is 22.5. The zero-order valence-electron chi connectivity index (χ0n) is 22.5. The van der Waals surface area contributed by atoms with Crippen molar-refractivity contribution in [3.8, 4) is 11.8 Å². The average molecular weight is 560 g/mol. The van der Waals surface area contributed by atoms with Crippen molar-refractivity contribution >= 4 is 23.4 Å². The first-order chi connectivity index (χ1) is 19.3. The minimum atomic E-state index is -1.03. The Labute approximate surface area is 242 Å². The Bertz CT molecular complexity index is 1260. The number of carbonyl (C=O) groups excluding carboxylic acids is 3. The molecule has 41 heavy (non-hydrogen) atoms. The van der Waals surface area contributed by atoms with E-state index in [1.54, 1.807) is 24.3 Å². The molecule has 4 saturated carbocycles. The van der Waals surface area contributed by atoms with E-state index in [1.165, 1.54) is 44.0 Å². The monoisotopic (exact) mass is 559 g/mol. The largest absolute Gasteiger partial charge is 0.339 e. The Hall–Kier alpha value is -3.71. The predicted molar refractivity (Wildman–Crippen MR) is 158 cm³/mol. The third kappa shape index (κ3) is 7.53. The molecule has 4 aliphatic rings. The minimum absolute atomic E-state index is 0. The van der Waals surface area contributed by atoms with Gasteiger partial charge in [-0.15, -0.1) is 0 Å². The molecule has 2 aromatic carbocycles. The van der Waals surface area contributed by atoms with Crippen molar-refractivity contribution in [1.82, 2.24) is 16.1 Å². The van der Waals surface area contributed by atoms with E-state index >= 15 is 0 Å². The van der Waals surface area contributed by atoms with Crippen LogP contribution in [0.5, 0.6) is 0 Å². The fourth-order valence-corrected chi connectivity index (χ4v) is 7.19. The minimum Gasteiger partial charge on any atom is -0.339 e. The lowest BCUT2D eigenvalue weighted by atomic mass is 9.49. The second-order valence-corrected chi connectivity index (χ2v) is 11.7. The number of amides is 3. The van der Waals surface area contributed by atoms with Crippen LogP contribution in [0.3, 0.4) is 0 Å². The Balaban J connectivity index is 0.00000387. The summed E-state index contributed by atoms with van der Waals surface area (Å²) in [4.78, 5) is 36.3. The van der Waals surface area contributed by atoms with Gasteiger partial charge in [0.25, 0.3) is 11.8 Å². The molecule has 0 unspecified atom stereocenters. The summed E-state index contributed by atoms with van der Waals surface area (Å²) in [6.45, 7) is 1.11. The highest BCUT2D eigenvalue weighted by molar-refractivity contribution is 5.97. The van der Waals surface area contributed by atoms with Gasteiger partial charge in [0.15, 0.2) is 0 Å². The summed E-state index contributed by atoms with van der Waals surface area (Å²) in [5, 5.41) is 17.6. The third-order valence-electron chi connectivity index (χ3n) is 8.59. The van der Waals surface area contributed by atoms with Crippen LogP contribution in [0.1, 0.15) is 67.4 Å². The summed E-state index contributed by atoms with van der Waals surface area (Å²) < 4.78 is 0. The number of rotatable bonds is 9. The third-order valence-corrected chi connectivity index (χ3v) is 8.59. The molecule has 218 valence electrons. The topological polar surface area (TPSA) is 146 Å². The van der Waals surface area contributed by atoms with Crippen LogP contribution < -0.4 is 27.2 Å². The smallest absolute Gasteiger partial charge is 0.267 e. The maximum Gasteiger partial charge on any atom is 0.267 e. The normalized spacial score (nSPS) is 24.3. The quantitative estimate of drug-likeness (QED) is 0.158. The molecular formula is C32H41N5O4. The van der Waals surface area contributed by atoms with Crippen LogP contribution in [0.4, 0.5) is 5.69 Å². The number of hydrogen-bond donors (Lipinski definition) is 6. The van der Waals surface area contributed by atoms with Crippen molar-refractivity contribution in [2.45, 2.75) is 52.0 Å². The predicted octanol–water partition coefficient (Wildman–Crippen LogP) is 3.03. The molecule has 3 amide bonds. The van der Waals surface area contributed by atoms with Crippen molar-refractivity contribution in [2.75, 3.05) is 25.0 Å². The van der Waals surface area contributed by atoms with Crippen LogP contribution in [0, 0.1) is 35.0 Å². The SMILES string of the molecule is C.NC[C@H](NC(=O)c1ccc(C#Cc2ccc(NC(=O)CNCC34CC5CC(CC(C5)C3)C4)cc2)cc1)C(=O)NO. The Morgan fingerprint density at radius 3 is 1.95 bits per heavy atom. The van der Waals surface area contributed by atoms with Gasteiger partial charge in [0.2, 0.25) is 5.91 Å². The molecule has 0 spiro atoms. The van der Waals surface area contributed by atoms with Crippen molar-refractivity contribution in [3.05, 3.63) is 65.2 Å². The number of hydrogen-bond acceptors (Lipinski definition) is 6. The summed E-state index contributed by atoms with van der Waals surface area (Å²) >= 11 is 0. The first-order valence-electron chi connectivity index (χ1n) is 14.0. The summed E-state index contributed by atoms with van der Waals surface area (Å²) in [7, 11) is 0. The van der Waals surface area contributed by atoms with Gasteiger partial charge in [-0.1, -0.05) is 19.3 Å². The van der Waals surface area contributed by atoms with Gasteiger partial charge in [0.05, 0.1) is 6.54 Å². The zero-order chi connectivity index (χ0) is 28.1. The standard InChI is InChI=1S/C31H37N5O4.CH4/c32-17-27(30(39)36-40)35-29(38)25-7-3-20(4-8-25)1-2-21-5-9-26(10-6-21)34-28(37)18-33-19-31-14-22-11-23(15-31)13-24(12-22)16-31;/h3-10,22-24,27,33,40H,11-19,32H2,(H,34,37)(H,35,38)(H,36,39);1H4/t22?,23?,24?,27-,31?;/m0./s1. The van der Waals surface area contributed by atoms with Crippen LogP contribution in [0.2, 0.25) is 0 Å². The lowest BCUT2D eigenvalue weighted by Crippen LogP contribution is -2.51. The number of hydroxylamine groups is 1. The van der Waals surface area contributed by atoms with Gasteiger partial charge in [-0.05, 0) is 110 Å². The van der Waals surface area contributed by atoms with Gasteiger partial charge >= 0.3 is 0 Å². The summed E-state index contributed by atoms with van der Waals surface area (Å²) in [5.74, 6) is 7.55. The van der Waals surface area contributed by atoms with Gasteiger partial charge in [0, 0.05) is 35.5 Å². The molecule has 4 aliphatic carbocycles. The van der Waals surface area contributed by atoms with Crippen LogP contribution in [-0.4, -0.2) is 48.6 Å². The lowest BCUT2D eigenvalue weighted by molar-refractivity contribution is -0.130. The van der Waals surface area contributed by atoms with Crippen LogP contribution in [0.15, 0.2) is 48.5 Å². The number of nitrogens with two attached hydrogens (primary N) is 1. The number of carbonyl (C=O) groups is 3. The molecular weight excluding hydrogens is 518 g/mol. The first kappa shape index (κ1) is 30.3. The van der Waals surface area contributed by atoms with Gasteiger partial charge < -0.3 is 21.7 Å². The second kappa shape index (κ2) is 13.3. The molecule has 4 bridgehead atoms. The van der Waals surface area contributed by atoms with Crippen molar-refractivity contribution in [1.29, 1.82) is 0 Å². The van der Waals surface area contributed by atoms with Crippen LogP contribution >= 0.6 is 0 Å². The highest BCUT2D eigenvalue weighted by Gasteiger charge is 2.50. The maximum atomic E-state index is 12.5. The fourth-order valence-electron chi connectivity index (χ4n) is 7.19. The van der Waals surface area contributed by atoms with E-state index in [2.05, 4.69) is 27.8 Å². The Morgan fingerprint density at radius 1 is 0.902 bits per heavy atom. The van der Waals surface area contributed by atoms with Gasteiger partial charge in [-0.3, -0.25) is 19.6 Å². The van der Waals surface area contributed by atoms with Gasteiger partial charge in [-0.25, -0.2) is 5.48 Å². The molecule has 0 heterocycles. The number of anilines is 1. The highest BCUT2D eigenvalue weighted by Crippen LogP contribution is 2.59. The molecule has 2 aromatic rings. The molecule has 0 radical (unpaired) electrons. The average Bonchev–Trinajstić information content (AvgIpc) is 2.94. The fraction of sp³-hybridized carbons (Fsp3) is 0.469. The molecule has 0 aliphatic heterocycles. The van der Waals surface area contributed by atoms with E-state index < -0.39 is 17.9 Å².